The highest BCUT2D eigenvalue weighted by atomic mass is 35.5. The molecule has 1 saturated heterocycles. The van der Waals surface area contributed by atoms with Gasteiger partial charge in [-0.25, -0.2) is 9.97 Å². The van der Waals surface area contributed by atoms with E-state index in [9.17, 15) is 4.79 Å². The summed E-state index contributed by atoms with van der Waals surface area (Å²) in [6.07, 6.45) is 9.13. The first-order valence-corrected chi connectivity index (χ1v) is 11.6. The lowest BCUT2D eigenvalue weighted by molar-refractivity contribution is -0.156. The lowest BCUT2D eigenvalue weighted by Crippen LogP contribution is -2.39. The highest BCUT2D eigenvalue weighted by molar-refractivity contribution is 6.31. The summed E-state index contributed by atoms with van der Waals surface area (Å²) >= 11 is 6.06. The Morgan fingerprint density at radius 1 is 1.06 bits per heavy atom. The SMILES string of the molecule is O=C(OC1CCN(c2ccc(-c3nc4ccc(Cl)cc4[nH]3)cn2)CC1)C1CCCCC1. The Morgan fingerprint density at radius 2 is 1.87 bits per heavy atom. The molecule has 5 rings (SSSR count). The summed E-state index contributed by atoms with van der Waals surface area (Å²) in [5, 5.41) is 0.684. The third-order valence-corrected chi connectivity index (χ3v) is 6.69. The van der Waals surface area contributed by atoms with Crippen molar-refractivity contribution in [2.75, 3.05) is 18.0 Å². The molecule has 0 spiro atoms. The van der Waals surface area contributed by atoms with E-state index in [0.29, 0.717) is 5.02 Å². The topological polar surface area (TPSA) is 71.1 Å². The van der Waals surface area contributed by atoms with Crippen LogP contribution in [0.3, 0.4) is 0 Å². The molecule has 1 N–H and O–H groups in total. The van der Waals surface area contributed by atoms with Gasteiger partial charge in [-0.3, -0.25) is 4.79 Å². The van der Waals surface area contributed by atoms with Crippen molar-refractivity contribution in [1.29, 1.82) is 0 Å². The maximum absolute atomic E-state index is 12.4. The van der Waals surface area contributed by atoms with Crippen LogP contribution in [0, 0.1) is 5.92 Å². The first kappa shape index (κ1) is 20.3. The van der Waals surface area contributed by atoms with Crippen LogP contribution >= 0.6 is 11.6 Å². The molecule has 0 radical (unpaired) electrons. The lowest BCUT2D eigenvalue weighted by atomic mass is 9.89. The van der Waals surface area contributed by atoms with Crippen LogP contribution in [-0.2, 0) is 9.53 Å². The number of aromatic nitrogens is 3. The summed E-state index contributed by atoms with van der Waals surface area (Å²) in [6, 6.07) is 9.69. The summed E-state index contributed by atoms with van der Waals surface area (Å²) in [4.78, 5) is 27.3. The average molecular weight is 439 g/mol. The van der Waals surface area contributed by atoms with Crippen molar-refractivity contribution in [3.8, 4) is 11.4 Å². The summed E-state index contributed by atoms with van der Waals surface area (Å²) in [6.45, 7) is 1.69. The molecule has 7 heteroatoms. The molecule has 3 aromatic rings. The van der Waals surface area contributed by atoms with Gasteiger partial charge in [0, 0.05) is 42.7 Å². The lowest BCUT2D eigenvalue weighted by Gasteiger charge is -2.33. The summed E-state index contributed by atoms with van der Waals surface area (Å²) in [5.74, 6) is 1.87. The highest BCUT2D eigenvalue weighted by Crippen LogP contribution is 2.28. The number of aromatic amines is 1. The number of nitrogens with zero attached hydrogens (tertiary/aromatic N) is 3. The first-order valence-electron chi connectivity index (χ1n) is 11.2. The molecule has 6 nitrogen and oxygen atoms in total. The Bertz CT molecular complexity index is 1050. The van der Waals surface area contributed by atoms with Crippen LogP contribution < -0.4 is 4.90 Å². The second-order valence-corrected chi connectivity index (χ2v) is 9.05. The van der Waals surface area contributed by atoms with Gasteiger partial charge in [-0.05, 0) is 43.2 Å². The number of benzene rings is 1. The van der Waals surface area contributed by atoms with Crippen molar-refractivity contribution in [3.63, 3.8) is 0 Å². The molecule has 31 heavy (non-hydrogen) atoms. The van der Waals surface area contributed by atoms with E-state index >= 15 is 0 Å². The summed E-state index contributed by atoms with van der Waals surface area (Å²) < 4.78 is 5.82. The number of carbonyl (C=O) groups is 1. The Hall–Kier alpha value is -2.60. The van der Waals surface area contributed by atoms with E-state index in [-0.39, 0.29) is 18.0 Å². The van der Waals surface area contributed by atoms with Gasteiger partial charge < -0.3 is 14.6 Å². The quantitative estimate of drug-likeness (QED) is 0.554. The second kappa shape index (κ2) is 8.87. The van der Waals surface area contributed by atoms with E-state index < -0.39 is 0 Å². The molecule has 0 amide bonds. The minimum Gasteiger partial charge on any atom is -0.462 e. The number of carbonyl (C=O) groups excluding carboxylic acids is 1. The van der Waals surface area contributed by atoms with Crippen LogP contribution in [0.25, 0.3) is 22.4 Å². The van der Waals surface area contributed by atoms with Crippen molar-refractivity contribution in [1.82, 2.24) is 15.0 Å². The van der Waals surface area contributed by atoms with Gasteiger partial charge in [0.05, 0.1) is 17.0 Å². The second-order valence-electron chi connectivity index (χ2n) is 8.61. The molecule has 1 saturated carbocycles. The van der Waals surface area contributed by atoms with Crippen molar-refractivity contribution in [2.24, 2.45) is 5.92 Å². The zero-order valence-corrected chi connectivity index (χ0v) is 18.3. The number of esters is 1. The van der Waals surface area contributed by atoms with E-state index in [1.807, 2.05) is 36.5 Å². The maximum Gasteiger partial charge on any atom is 0.309 e. The molecule has 1 aromatic carbocycles. The molecular formula is C24H27ClN4O2. The Labute approximate surface area is 187 Å². The number of rotatable bonds is 4. The number of ether oxygens (including phenoxy) is 1. The van der Waals surface area contributed by atoms with E-state index in [0.717, 1.165) is 79.9 Å². The van der Waals surface area contributed by atoms with Crippen molar-refractivity contribution in [3.05, 3.63) is 41.6 Å². The Kier molecular flexibility index (Phi) is 5.81. The van der Waals surface area contributed by atoms with E-state index in [1.165, 1.54) is 6.42 Å². The Morgan fingerprint density at radius 3 is 2.61 bits per heavy atom. The number of anilines is 1. The van der Waals surface area contributed by atoms with Crippen molar-refractivity contribution < 1.29 is 9.53 Å². The van der Waals surface area contributed by atoms with Gasteiger partial charge >= 0.3 is 5.97 Å². The largest absolute Gasteiger partial charge is 0.462 e. The van der Waals surface area contributed by atoms with E-state index in [2.05, 4.69) is 19.9 Å². The number of hydrogen-bond acceptors (Lipinski definition) is 5. The molecule has 1 aliphatic heterocycles. The van der Waals surface area contributed by atoms with Gasteiger partial charge in [-0.1, -0.05) is 30.9 Å². The van der Waals surface area contributed by atoms with E-state index in [1.54, 1.807) is 0 Å². The third-order valence-electron chi connectivity index (χ3n) is 6.45. The molecule has 0 unspecified atom stereocenters. The minimum atomic E-state index is 0.0211. The predicted octanol–water partition coefficient (Wildman–Crippen LogP) is 5.37. The molecule has 2 aliphatic rings. The summed E-state index contributed by atoms with van der Waals surface area (Å²) in [7, 11) is 0. The van der Waals surface area contributed by atoms with Crippen LogP contribution in [0.4, 0.5) is 5.82 Å². The predicted molar refractivity (Wildman–Crippen MR) is 122 cm³/mol. The van der Waals surface area contributed by atoms with Crippen molar-refractivity contribution in [2.45, 2.75) is 51.0 Å². The average Bonchev–Trinajstić information content (AvgIpc) is 3.23. The van der Waals surface area contributed by atoms with Crippen LogP contribution in [-0.4, -0.2) is 40.1 Å². The van der Waals surface area contributed by atoms with Gasteiger partial charge in [0.25, 0.3) is 0 Å². The number of halogens is 1. The first-order chi connectivity index (χ1) is 15.2. The summed E-state index contributed by atoms with van der Waals surface area (Å²) in [5.41, 5.74) is 2.73. The number of piperidine rings is 1. The van der Waals surface area contributed by atoms with E-state index in [4.69, 9.17) is 16.3 Å². The van der Waals surface area contributed by atoms with Gasteiger partial charge in [0.15, 0.2) is 0 Å². The highest BCUT2D eigenvalue weighted by Gasteiger charge is 2.28. The fourth-order valence-electron chi connectivity index (χ4n) is 4.63. The zero-order chi connectivity index (χ0) is 21.2. The molecule has 1 aliphatic carbocycles. The maximum atomic E-state index is 12.4. The van der Waals surface area contributed by atoms with Gasteiger partial charge in [0.1, 0.15) is 17.7 Å². The standard InChI is InChI=1S/C24H27ClN4O2/c25-18-7-8-20-21(14-18)28-23(27-20)17-6-9-22(26-15-17)29-12-10-19(11-13-29)31-24(30)16-4-2-1-3-5-16/h6-9,14-16,19H,1-5,10-13H2,(H,27,28). The normalized spacial score (nSPS) is 18.4. The smallest absolute Gasteiger partial charge is 0.309 e. The van der Waals surface area contributed by atoms with Crippen LogP contribution in [0.5, 0.6) is 0 Å². The fourth-order valence-corrected chi connectivity index (χ4v) is 4.81. The fraction of sp³-hybridized carbons (Fsp3) is 0.458. The van der Waals surface area contributed by atoms with Gasteiger partial charge in [-0.2, -0.15) is 0 Å². The van der Waals surface area contributed by atoms with Crippen LogP contribution in [0.15, 0.2) is 36.5 Å². The van der Waals surface area contributed by atoms with Crippen LogP contribution in [0.1, 0.15) is 44.9 Å². The Balaban J connectivity index is 1.18. The number of hydrogen-bond donors (Lipinski definition) is 1. The molecule has 0 bridgehead atoms. The number of fused-ring (bicyclic) bond motifs is 1. The number of imidazole rings is 1. The molecule has 2 fully saturated rings. The zero-order valence-electron chi connectivity index (χ0n) is 17.5. The molecular weight excluding hydrogens is 412 g/mol. The van der Waals surface area contributed by atoms with Gasteiger partial charge in [0.2, 0.25) is 0 Å². The minimum absolute atomic E-state index is 0.0211. The monoisotopic (exact) mass is 438 g/mol. The number of nitrogens with one attached hydrogen (secondary N) is 1. The van der Waals surface area contributed by atoms with Gasteiger partial charge in [-0.15, -0.1) is 0 Å². The van der Waals surface area contributed by atoms with Crippen LogP contribution in [0.2, 0.25) is 5.02 Å². The third kappa shape index (κ3) is 4.54. The van der Waals surface area contributed by atoms with Crippen molar-refractivity contribution >= 4 is 34.4 Å². The number of pyridine rings is 1. The molecule has 162 valence electrons. The molecule has 3 heterocycles. The molecule has 0 atom stereocenters. The number of H-pyrrole nitrogens is 1. The molecule has 2 aromatic heterocycles.